The zero-order valence-corrected chi connectivity index (χ0v) is 17.7. The van der Waals surface area contributed by atoms with Crippen molar-refractivity contribution in [2.24, 2.45) is 0 Å². The molecule has 1 fully saturated rings. The molecule has 1 atom stereocenters. The first-order valence-corrected chi connectivity index (χ1v) is 11.1. The summed E-state index contributed by atoms with van der Waals surface area (Å²) in [5.41, 5.74) is 0. The molecule has 0 aliphatic carbocycles. The van der Waals surface area contributed by atoms with E-state index in [1.807, 2.05) is 24.3 Å². The molecule has 1 saturated heterocycles. The summed E-state index contributed by atoms with van der Waals surface area (Å²) >= 11 is 10.7. The molecule has 1 unspecified atom stereocenters. The van der Waals surface area contributed by atoms with Gasteiger partial charge in [-0.3, -0.25) is 0 Å². The summed E-state index contributed by atoms with van der Waals surface area (Å²) in [7, 11) is -3.21. The lowest BCUT2D eigenvalue weighted by Gasteiger charge is -2.10. The number of ether oxygens (including phenoxy) is 1. The van der Waals surface area contributed by atoms with E-state index < -0.39 is 9.84 Å². The Bertz CT molecular complexity index is 717. The van der Waals surface area contributed by atoms with Crippen molar-refractivity contribution in [2.45, 2.75) is 28.7 Å². The van der Waals surface area contributed by atoms with E-state index in [0.29, 0.717) is 11.5 Å². The zero-order chi connectivity index (χ0) is 17.6. The highest BCUT2D eigenvalue weighted by atomic mass is 79.9. The molecule has 0 spiro atoms. The van der Waals surface area contributed by atoms with Gasteiger partial charge >= 0.3 is 0 Å². The van der Waals surface area contributed by atoms with Crippen molar-refractivity contribution in [3.8, 4) is 0 Å². The molecule has 2 aromatic carbocycles. The molecule has 7 heteroatoms. The van der Waals surface area contributed by atoms with E-state index in [1.165, 1.54) is 0 Å². The predicted octanol–water partition coefficient (Wildman–Crippen LogP) is 5.14. The van der Waals surface area contributed by atoms with Crippen molar-refractivity contribution in [2.75, 3.05) is 12.4 Å². The van der Waals surface area contributed by atoms with Gasteiger partial charge in [0, 0.05) is 20.4 Å². The smallest absolute Gasteiger partial charge is 0.180 e. The first kappa shape index (κ1) is 20.0. The molecule has 0 bridgehead atoms. The molecule has 1 aliphatic rings. The average molecular weight is 494 g/mol. The third kappa shape index (κ3) is 6.52. The molecule has 0 aromatic heterocycles. The van der Waals surface area contributed by atoms with Crippen molar-refractivity contribution in [3.05, 3.63) is 57.5 Å². The molecule has 0 radical (unpaired) electrons. The maximum atomic E-state index is 12.0. The average Bonchev–Trinajstić information content (AvgIpc) is 3.03. The van der Waals surface area contributed by atoms with Crippen LogP contribution in [0.25, 0.3) is 0 Å². The van der Waals surface area contributed by atoms with Crippen LogP contribution < -0.4 is 0 Å². The van der Waals surface area contributed by atoms with Gasteiger partial charge in [0.05, 0.1) is 16.8 Å². The quantitative estimate of drug-likeness (QED) is 0.602. The van der Waals surface area contributed by atoms with Gasteiger partial charge in [-0.25, -0.2) is 8.42 Å². The molecule has 24 heavy (non-hydrogen) atoms. The van der Waals surface area contributed by atoms with Crippen LogP contribution in [0.3, 0.4) is 0 Å². The van der Waals surface area contributed by atoms with Crippen LogP contribution in [0.1, 0.15) is 12.8 Å². The fraction of sp³-hybridized carbons (Fsp3) is 0.294. The second kappa shape index (κ2) is 9.38. The van der Waals surface area contributed by atoms with E-state index in [1.54, 1.807) is 24.3 Å². The zero-order valence-electron chi connectivity index (χ0n) is 12.9. The van der Waals surface area contributed by atoms with E-state index >= 15 is 0 Å². The third-order valence-electron chi connectivity index (χ3n) is 3.43. The highest BCUT2D eigenvalue weighted by molar-refractivity contribution is 9.10. The van der Waals surface area contributed by atoms with Gasteiger partial charge in [-0.2, -0.15) is 0 Å². The maximum Gasteiger partial charge on any atom is 0.180 e. The van der Waals surface area contributed by atoms with Crippen molar-refractivity contribution in [3.63, 3.8) is 0 Å². The second-order valence-electron chi connectivity index (χ2n) is 5.35. The first-order valence-electron chi connectivity index (χ1n) is 7.41. The SMILES string of the molecule is O=S(=O)(CC1CCCO1)c1ccc(Br)cc1.Sc1ccc(Br)cc1. The van der Waals surface area contributed by atoms with Gasteiger partial charge in [0.15, 0.2) is 9.84 Å². The number of hydrogen-bond donors (Lipinski definition) is 1. The third-order valence-corrected chi connectivity index (χ3v) is 6.59. The number of hydrogen-bond acceptors (Lipinski definition) is 4. The summed E-state index contributed by atoms with van der Waals surface area (Å²) < 4.78 is 31.3. The lowest BCUT2D eigenvalue weighted by Crippen LogP contribution is -2.20. The Labute approximate surface area is 165 Å². The molecule has 1 heterocycles. The van der Waals surface area contributed by atoms with Crippen LogP contribution >= 0.6 is 44.5 Å². The highest BCUT2D eigenvalue weighted by Gasteiger charge is 2.24. The van der Waals surface area contributed by atoms with Gasteiger partial charge in [-0.1, -0.05) is 31.9 Å². The Morgan fingerprint density at radius 3 is 2.00 bits per heavy atom. The molecule has 0 N–H and O–H groups in total. The van der Waals surface area contributed by atoms with E-state index in [4.69, 9.17) is 4.74 Å². The molecule has 2 aromatic rings. The summed E-state index contributed by atoms with van der Waals surface area (Å²) in [6.45, 7) is 0.681. The fourth-order valence-electron chi connectivity index (χ4n) is 2.20. The molecule has 0 saturated carbocycles. The Hall–Kier alpha value is -0.340. The number of benzene rings is 2. The largest absolute Gasteiger partial charge is 0.377 e. The minimum Gasteiger partial charge on any atom is -0.377 e. The van der Waals surface area contributed by atoms with E-state index in [2.05, 4.69) is 44.5 Å². The summed E-state index contributed by atoms with van der Waals surface area (Å²) in [5, 5.41) is 0. The van der Waals surface area contributed by atoms with Gasteiger partial charge in [0.25, 0.3) is 0 Å². The molecular formula is C17H18Br2O3S2. The van der Waals surface area contributed by atoms with Crippen LogP contribution in [-0.4, -0.2) is 26.9 Å². The van der Waals surface area contributed by atoms with Crippen LogP contribution in [0.2, 0.25) is 0 Å². The van der Waals surface area contributed by atoms with Crippen molar-refractivity contribution >= 4 is 54.3 Å². The van der Waals surface area contributed by atoms with Crippen molar-refractivity contribution in [1.29, 1.82) is 0 Å². The molecular weight excluding hydrogens is 476 g/mol. The molecule has 1 aliphatic heterocycles. The minimum absolute atomic E-state index is 0.0919. The van der Waals surface area contributed by atoms with E-state index in [-0.39, 0.29) is 11.9 Å². The fourth-order valence-corrected chi connectivity index (χ4v) is 4.37. The van der Waals surface area contributed by atoms with Gasteiger partial charge in [0.2, 0.25) is 0 Å². The Kier molecular flexibility index (Phi) is 7.81. The summed E-state index contributed by atoms with van der Waals surface area (Å²) in [4.78, 5) is 1.36. The second-order valence-corrected chi connectivity index (χ2v) is 9.73. The lowest BCUT2D eigenvalue weighted by atomic mass is 10.3. The number of rotatable bonds is 3. The molecule has 0 amide bonds. The Balaban J connectivity index is 0.000000219. The first-order chi connectivity index (χ1) is 11.4. The van der Waals surface area contributed by atoms with Gasteiger partial charge in [0.1, 0.15) is 0 Å². The monoisotopic (exact) mass is 492 g/mol. The lowest BCUT2D eigenvalue weighted by molar-refractivity contribution is 0.127. The molecule has 130 valence electrons. The van der Waals surface area contributed by atoms with Crippen LogP contribution in [0.4, 0.5) is 0 Å². The highest BCUT2D eigenvalue weighted by Crippen LogP contribution is 2.20. The van der Waals surface area contributed by atoms with Crippen molar-refractivity contribution < 1.29 is 13.2 Å². The van der Waals surface area contributed by atoms with Crippen LogP contribution in [0.15, 0.2) is 67.3 Å². The summed E-state index contributed by atoms with van der Waals surface area (Å²) in [6.07, 6.45) is 1.67. The van der Waals surface area contributed by atoms with Crippen molar-refractivity contribution in [1.82, 2.24) is 0 Å². The summed E-state index contributed by atoms with van der Waals surface area (Å²) in [6, 6.07) is 14.5. The van der Waals surface area contributed by atoms with Gasteiger partial charge in [-0.05, 0) is 61.4 Å². The normalized spacial score (nSPS) is 17.2. The number of sulfone groups is 1. The molecule has 3 nitrogen and oxygen atoms in total. The number of thiol groups is 1. The van der Waals surface area contributed by atoms with E-state index in [9.17, 15) is 8.42 Å². The van der Waals surface area contributed by atoms with Crippen LogP contribution in [0, 0.1) is 0 Å². The maximum absolute atomic E-state index is 12.0. The summed E-state index contributed by atoms with van der Waals surface area (Å²) in [5.74, 6) is 0.0919. The van der Waals surface area contributed by atoms with E-state index in [0.717, 1.165) is 26.7 Å². The Morgan fingerprint density at radius 1 is 1.00 bits per heavy atom. The van der Waals surface area contributed by atoms with Crippen LogP contribution in [-0.2, 0) is 14.6 Å². The van der Waals surface area contributed by atoms with Gasteiger partial charge < -0.3 is 4.74 Å². The number of halogens is 2. The topological polar surface area (TPSA) is 43.4 Å². The Morgan fingerprint density at radius 2 is 1.54 bits per heavy atom. The molecule has 3 rings (SSSR count). The minimum atomic E-state index is -3.21. The van der Waals surface area contributed by atoms with Crippen LogP contribution in [0.5, 0.6) is 0 Å². The van der Waals surface area contributed by atoms with Gasteiger partial charge in [-0.15, -0.1) is 12.6 Å². The standard InChI is InChI=1S/C11H13BrO3S.C6H5BrS/c12-9-3-5-11(6-4-9)16(13,14)8-10-2-1-7-15-10;7-5-1-3-6(8)4-2-5/h3-6,10H,1-2,7-8H2;1-4,8H. The predicted molar refractivity (Wildman–Crippen MR) is 107 cm³/mol.